The molecule has 0 fully saturated rings. The minimum Gasteiger partial charge on any atom is -0.248 e. The van der Waals surface area contributed by atoms with Crippen LogP contribution in [0.15, 0.2) is 108 Å². The number of quaternary nitrogens is 1. The van der Waals surface area contributed by atoms with Crippen LogP contribution in [0.25, 0.3) is 5.70 Å². The average Bonchev–Trinajstić information content (AvgIpc) is 3.19. The zero-order valence-corrected chi connectivity index (χ0v) is 17.0. The van der Waals surface area contributed by atoms with Gasteiger partial charge in [-0.2, -0.15) is 9.48 Å². The van der Waals surface area contributed by atoms with Crippen LogP contribution in [-0.2, 0) is 0 Å². The van der Waals surface area contributed by atoms with Gasteiger partial charge in [0.15, 0.2) is 0 Å². The Bertz CT molecular complexity index is 1340. The lowest BCUT2D eigenvalue weighted by Gasteiger charge is -2.28. The number of hydrogen-bond acceptors (Lipinski definition) is 2. The van der Waals surface area contributed by atoms with Crippen LogP contribution in [0.1, 0.15) is 23.7 Å². The molecule has 0 saturated carbocycles. The van der Waals surface area contributed by atoms with Gasteiger partial charge in [0.1, 0.15) is 35.3 Å². The van der Waals surface area contributed by atoms with E-state index in [0.717, 1.165) is 39.6 Å². The molecule has 0 radical (unpaired) electrons. The molecule has 4 heteroatoms. The largest absolute Gasteiger partial charge is 0.248 e. The highest BCUT2D eigenvalue weighted by molar-refractivity contribution is 6.11. The van der Waals surface area contributed by atoms with E-state index in [9.17, 15) is 4.39 Å². The summed E-state index contributed by atoms with van der Waals surface area (Å²) >= 11 is 0. The second-order valence-corrected chi connectivity index (χ2v) is 7.49. The van der Waals surface area contributed by atoms with E-state index in [4.69, 9.17) is 4.99 Å². The Hall–Kier alpha value is -4.07. The Morgan fingerprint density at radius 1 is 0.935 bits per heavy atom. The van der Waals surface area contributed by atoms with Crippen molar-refractivity contribution in [1.29, 1.82) is 0 Å². The van der Waals surface area contributed by atoms with Crippen LogP contribution in [0, 0.1) is 17.7 Å². The third-order valence-electron chi connectivity index (χ3n) is 5.28. The van der Waals surface area contributed by atoms with E-state index in [-0.39, 0.29) is 5.82 Å². The zero-order valence-electron chi connectivity index (χ0n) is 17.0. The van der Waals surface area contributed by atoms with Crippen LogP contribution in [0.4, 0.5) is 10.1 Å². The molecular formula is C27H19FN3+. The van der Waals surface area contributed by atoms with Gasteiger partial charge in [-0.1, -0.05) is 24.1 Å². The van der Waals surface area contributed by atoms with Crippen molar-refractivity contribution in [3.05, 3.63) is 126 Å². The number of nitrogens with zero attached hydrogens (tertiary/aromatic N) is 3. The number of rotatable bonds is 2. The Labute approximate surface area is 180 Å². The van der Waals surface area contributed by atoms with Gasteiger partial charge in [-0.15, -0.1) is 0 Å². The molecule has 0 amide bonds. The number of pyridine rings is 1. The molecule has 0 N–H and O–H groups in total. The predicted molar refractivity (Wildman–Crippen MR) is 123 cm³/mol. The summed E-state index contributed by atoms with van der Waals surface area (Å²) in [6.07, 6.45) is 10.0. The van der Waals surface area contributed by atoms with Gasteiger partial charge in [0, 0.05) is 35.5 Å². The van der Waals surface area contributed by atoms with Gasteiger partial charge in [-0.05, 0) is 60.9 Å². The molecule has 2 aromatic carbocycles. The normalized spacial score (nSPS) is 19.0. The number of hydrogen-bond donors (Lipinski definition) is 0. The second kappa shape index (κ2) is 7.64. The Balaban J connectivity index is 1.55. The van der Waals surface area contributed by atoms with Crippen molar-refractivity contribution in [2.75, 3.05) is 0 Å². The molecule has 1 unspecified atom stereocenters. The summed E-state index contributed by atoms with van der Waals surface area (Å²) in [5.74, 6) is 6.90. The number of allylic oxidation sites excluding steroid dienone is 2. The molecule has 2 aliphatic heterocycles. The highest BCUT2D eigenvalue weighted by atomic mass is 19.1. The number of fused-ring (bicyclic) bond motifs is 1. The lowest BCUT2D eigenvalue weighted by atomic mass is 10.1. The molecule has 0 bridgehead atoms. The topological polar surface area (TPSA) is 25.2 Å². The number of halogens is 1. The number of benzene rings is 2. The van der Waals surface area contributed by atoms with Gasteiger partial charge in [0.2, 0.25) is 5.84 Å². The van der Waals surface area contributed by atoms with E-state index in [1.54, 1.807) is 18.3 Å². The van der Waals surface area contributed by atoms with Crippen LogP contribution >= 0.6 is 0 Å². The third kappa shape index (κ3) is 3.63. The molecule has 31 heavy (non-hydrogen) atoms. The average molecular weight is 404 g/mol. The molecule has 3 aromatic rings. The molecule has 1 atom stereocenters. The molecule has 0 spiro atoms. The first-order chi connectivity index (χ1) is 15.1. The highest BCUT2D eigenvalue weighted by Gasteiger charge is 2.40. The van der Waals surface area contributed by atoms with E-state index in [0.29, 0.717) is 4.48 Å². The van der Waals surface area contributed by atoms with Crippen molar-refractivity contribution in [2.24, 2.45) is 4.99 Å². The zero-order chi connectivity index (χ0) is 21.3. The van der Waals surface area contributed by atoms with E-state index >= 15 is 0 Å². The van der Waals surface area contributed by atoms with Crippen molar-refractivity contribution in [3.63, 3.8) is 0 Å². The summed E-state index contributed by atoms with van der Waals surface area (Å²) < 4.78 is 13.9. The van der Waals surface area contributed by atoms with Gasteiger partial charge >= 0.3 is 0 Å². The Morgan fingerprint density at radius 3 is 2.61 bits per heavy atom. The summed E-state index contributed by atoms with van der Waals surface area (Å²) in [5.41, 5.74) is 5.52. The molecule has 1 aromatic heterocycles. The fourth-order valence-corrected chi connectivity index (χ4v) is 3.69. The van der Waals surface area contributed by atoms with Crippen molar-refractivity contribution in [2.45, 2.75) is 6.92 Å². The fraction of sp³-hybridized carbons (Fsp3) is 0.0370. The van der Waals surface area contributed by atoms with E-state index in [2.05, 4.69) is 41.4 Å². The van der Waals surface area contributed by atoms with Crippen LogP contribution < -0.4 is 4.48 Å². The number of aliphatic imine (C=N–C) groups is 1. The van der Waals surface area contributed by atoms with Gasteiger partial charge in [-0.3, -0.25) is 0 Å². The van der Waals surface area contributed by atoms with Gasteiger partial charge < -0.3 is 0 Å². The summed E-state index contributed by atoms with van der Waals surface area (Å²) in [6, 6.07) is 20.3. The minimum absolute atomic E-state index is 0.254. The molecular weight excluding hydrogens is 385 g/mol. The van der Waals surface area contributed by atoms with E-state index in [1.165, 1.54) is 12.1 Å². The maximum absolute atomic E-state index is 13.5. The first kappa shape index (κ1) is 18.9. The first-order valence-corrected chi connectivity index (χ1v) is 10.0. The van der Waals surface area contributed by atoms with Crippen molar-refractivity contribution in [3.8, 4) is 11.8 Å². The standard InChI is InChI=1S/C27H19FN3/c1-20-14-16-31(25-12-9-23(28)10-13-25)19-26(30-27(31)17-20)22-6-4-5-21(18-22)8-11-24-7-2-3-15-29-24/h2-7,9-10,12-19H,1H3/q+1. The highest BCUT2D eigenvalue weighted by Crippen LogP contribution is 2.38. The molecule has 2 aliphatic rings. The maximum Gasteiger partial charge on any atom is 0.243 e. The number of aromatic nitrogens is 1. The molecule has 0 saturated heterocycles. The molecule has 3 heterocycles. The SMILES string of the molecule is CC1=CC2=NC(c3cccc(C#Cc4ccccn4)c3)=C[N+]2(c2ccc(F)cc2)C=C1. The molecule has 5 rings (SSSR count). The van der Waals surface area contributed by atoms with E-state index in [1.807, 2.05) is 49.4 Å². The quantitative estimate of drug-likeness (QED) is 0.391. The Morgan fingerprint density at radius 2 is 1.81 bits per heavy atom. The lowest BCUT2D eigenvalue weighted by molar-refractivity contribution is 0.625. The molecule has 3 nitrogen and oxygen atoms in total. The van der Waals surface area contributed by atoms with Gasteiger partial charge in [0.05, 0.1) is 0 Å². The van der Waals surface area contributed by atoms with Crippen molar-refractivity contribution < 1.29 is 4.39 Å². The third-order valence-corrected chi connectivity index (χ3v) is 5.28. The van der Waals surface area contributed by atoms with E-state index < -0.39 is 0 Å². The van der Waals surface area contributed by atoms with Gasteiger partial charge in [-0.25, -0.2) is 9.37 Å². The summed E-state index contributed by atoms with van der Waals surface area (Å²) in [7, 11) is 0. The van der Waals surface area contributed by atoms with Crippen molar-refractivity contribution >= 4 is 17.2 Å². The summed E-state index contributed by atoms with van der Waals surface area (Å²) in [5, 5.41) is 0. The van der Waals surface area contributed by atoms with Crippen LogP contribution in [0.3, 0.4) is 0 Å². The monoisotopic (exact) mass is 404 g/mol. The first-order valence-electron chi connectivity index (χ1n) is 10.0. The summed E-state index contributed by atoms with van der Waals surface area (Å²) in [6.45, 7) is 2.04. The van der Waals surface area contributed by atoms with Crippen LogP contribution in [0.2, 0.25) is 0 Å². The molecule has 148 valence electrons. The fourth-order valence-electron chi connectivity index (χ4n) is 3.69. The second-order valence-electron chi connectivity index (χ2n) is 7.49. The minimum atomic E-state index is -0.254. The maximum atomic E-state index is 13.5. The van der Waals surface area contributed by atoms with Crippen LogP contribution in [-0.4, -0.2) is 10.8 Å². The Kier molecular flexibility index (Phi) is 4.66. The summed E-state index contributed by atoms with van der Waals surface area (Å²) in [4.78, 5) is 9.18. The molecule has 0 aliphatic carbocycles. The smallest absolute Gasteiger partial charge is 0.243 e. The number of amidine groups is 1. The predicted octanol–water partition coefficient (Wildman–Crippen LogP) is 5.81. The van der Waals surface area contributed by atoms with Gasteiger partial charge in [0.25, 0.3) is 0 Å². The van der Waals surface area contributed by atoms with Crippen molar-refractivity contribution in [1.82, 2.24) is 9.47 Å². The lowest BCUT2D eigenvalue weighted by Crippen LogP contribution is -2.42. The van der Waals surface area contributed by atoms with Crippen LogP contribution in [0.5, 0.6) is 0 Å².